The second-order valence-electron chi connectivity index (χ2n) is 4.88. The van der Waals surface area contributed by atoms with Crippen LogP contribution >= 0.6 is 24.0 Å². The molecule has 2 atom stereocenters. The topological polar surface area (TPSA) is 3.24 Å². The summed E-state index contributed by atoms with van der Waals surface area (Å²) in [6.07, 6.45) is 1.24. The molecule has 1 aromatic rings. The molecule has 0 spiro atoms. The van der Waals surface area contributed by atoms with Crippen molar-refractivity contribution in [2.45, 2.75) is 11.8 Å². The van der Waals surface area contributed by atoms with E-state index in [0.717, 1.165) is 19.0 Å². The minimum absolute atomic E-state index is 0. The zero-order chi connectivity index (χ0) is 10.6. The average molecular weight is 262 g/mol. The van der Waals surface area contributed by atoms with Gasteiger partial charge in [0.05, 0.1) is 5.02 Å². The third-order valence-electron chi connectivity index (χ3n) is 3.81. The molecule has 1 nitrogen and oxygen atoms in total. The van der Waals surface area contributed by atoms with Gasteiger partial charge in [-0.2, -0.15) is 0 Å². The van der Waals surface area contributed by atoms with Crippen molar-refractivity contribution < 1.29 is 4.39 Å². The van der Waals surface area contributed by atoms with Gasteiger partial charge in [0, 0.05) is 18.5 Å². The fourth-order valence-corrected chi connectivity index (χ4v) is 3.17. The molecule has 0 amide bonds. The highest BCUT2D eigenvalue weighted by Crippen LogP contribution is 2.58. The number of fused-ring (bicyclic) bond motifs is 1. The monoisotopic (exact) mass is 261 g/mol. The zero-order valence-electron chi connectivity index (χ0n) is 9.04. The molecule has 1 saturated heterocycles. The van der Waals surface area contributed by atoms with Crippen LogP contribution < -0.4 is 0 Å². The Morgan fingerprint density at radius 2 is 2.25 bits per heavy atom. The predicted octanol–water partition coefficient (Wildman–Crippen LogP) is 3.10. The number of likely N-dealkylation sites (N-methyl/N-ethyl adjacent to an activating group) is 1. The highest BCUT2D eigenvalue weighted by Gasteiger charge is 2.59. The number of piperidine rings is 1. The van der Waals surface area contributed by atoms with E-state index in [1.165, 1.54) is 18.1 Å². The van der Waals surface area contributed by atoms with Gasteiger partial charge in [-0.1, -0.05) is 17.7 Å². The zero-order valence-corrected chi connectivity index (χ0v) is 10.6. The SMILES string of the molecule is CN1C[C@@H]2C[C@@]2(c2ccc(F)c(Cl)c2)C1.Cl. The maximum absolute atomic E-state index is 13.1. The Kier molecular flexibility index (Phi) is 2.94. The number of halogens is 3. The van der Waals surface area contributed by atoms with Gasteiger partial charge in [-0.05, 0) is 37.1 Å². The van der Waals surface area contributed by atoms with Crippen molar-refractivity contribution in [3.8, 4) is 0 Å². The van der Waals surface area contributed by atoms with Crippen LogP contribution in [0.2, 0.25) is 5.02 Å². The Hall–Kier alpha value is -0.310. The van der Waals surface area contributed by atoms with Crippen LogP contribution in [-0.2, 0) is 5.41 Å². The third kappa shape index (κ3) is 1.64. The van der Waals surface area contributed by atoms with E-state index < -0.39 is 0 Å². The standard InChI is InChI=1S/C12H13ClFN.ClH/c1-15-6-9-5-12(9,7-15)8-2-3-11(14)10(13)4-8;/h2-4,9H,5-7H2,1H3;1H/t9-,12-;/m0./s1. The number of nitrogens with zero attached hydrogens (tertiary/aromatic N) is 1. The molecule has 0 N–H and O–H groups in total. The number of likely N-dealkylation sites (tertiary alicyclic amines) is 1. The van der Waals surface area contributed by atoms with Gasteiger partial charge in [0.25, 0.3) is 0 Å². The van der Waals surface area contributed by atoms with Gasteiger partial charge < -0.3 is 4.90 Å². The fourth-order valence-electron chi connectivity index (χ4n) is 2.99. The smallest absolute Gasteiger partial charge is 0.141 e. The van der Waals surface area contributed by atoms with Gasteiger partial charge >= 0.3 is 0 Å². The molecule has 0 bridgehead atoms. The maximum Gasteiger partial charge on any atom is 0.141 e. The summed E-state index contributed by atoms with van der Waals surface area (Å²) in [5.74, 6) is 0.435. The summed E-state index contributed by atoms with van der Waals surface area (Å²) in [5.41, 5.74) is 1.50. The Labute approximate surface area is 106 Å². The van der Waals surface area contributed by atoms with Gasteiger partial charge in [-0.25, -0.2) is 4.39 Å². The first-order chi connectivity index (χ1) is 7.12. The van der Waals surface area contributed by atoms with E-state index in [1.807, 2.05) is 6.07 Å². The summed E-state index contributed by atoms with van der Waals surface area (Å²) in [6.45, 7) is 2.24. The lowest BCUT2D eigenvalue weighted by atomic mass is 9.95. The van der Waals surface area contributed by atoms with Crippen molar-refractivity contribution in [1.29, 1.82) is 0 Å². The van der Waals surface area contributed by atoms with Gasteiger partial charge in [0.1, 0.15) is 5.82 Å². The second kappa shape index (κ2) is 3.86. The summed E-state index contributed by atoms with van der Waals surface area (Å²) in [5, 5.41) is 0.252. The van der Waals surface area contributed by atoms with Crippen molar-refractivity contribution >= 4 is 24.0 Å². The van der Waals surface area contributed by atoms with Crippen LogP contribution in [-0.4, -0.2) is 25.0 Å². The van der Waals surface area contributed by atoms with E-state index in [-0.39, 0.29) is 28.7 Å². The van der Waals surface area contributed by atoms with Crippen molar-refractivity contribution in [3.63, 3.8) is 0 Å². The lowest BCUT2D eigenvalue weighted by Gasteiger charge is -2.16. The summed E-state index contributed by atoms with van der Waals surface area (Å²) in [4.78, 5) is 2.34. The molecule has 2 aliphatic rings. The van der Waals surface area contributed by atoms with Gasteiger partial charge in [-0.3, -0.25) is 0 Å². The van der Waals surface area contributed by atoms with E-state index in [4.69, 9.17) is 11.6 Å². The summed E-state index contributed by atoms with van der Waals surface area (Å²) < 4.78 is 13.1. The fraction of sp³-hybridized carbons (Fsp3) is 0.500. The Bertz CT molecular complexity index is 423. The highest BCUT2D eigenvalue weighted by atomic mass is 35.5. The van der Waals surface area contributed by atoms with Crippen LogP contribution in [0.15, 0.2) is 18.2 Å². The summed E-state index contributed by atoms with van der Waals surface area (Å²) in [6, 6.07) is 5.18. The molecule has 1 aliphatic heterocycles. The Balaban J connectivity index is 0.000000963. The highest BCUT2D eigenvalue weighted by molar-refractivity contribution is 6.30. The van der Waals surface area contributed by atoms with E-state index in [2.05, 4.69) is 11.9 Å². The first-order valence-corrected chi connectivity index (χ1v) is 5.64. The predicted molar refractivity (Wildman–Crippen MR) is 65.9 cm³/mol. The lowest BCUT2D eigenvalue weighted by Crippen LogP contribution is -2.22. The van der Waals surface area contributed by atoms with Gasteiger partial charge in [0.15, 0.2) is 0 Å². The average Bonchev–Trinajstić information content (AvgIpc) is 2.75. The molecule has 0 unspecified atom stereocenters. The molecule has 4 heteroatoms. The van der Waals surface area contributed by atoms with E-state index in [9.17, 15) is 4.39 Å². The van der Waals surface area contributed by atoms with Crippen molar-refractivity contribution in [3.05, 3.63) is 34.6 Å². The number of rotatable bonds is 1. The van der Waals surface area contributed by atoms with E-state index in [1.54, 1.807) is 6.07 Å². The molecule has 1 aliphatic carbocycles. The maximum atomic E-state index is 13.1. The molecule has 1 heterocycles. The Morgan fingerprint density at radius 3 is 2.81 bits per heavy atom. The number of benzene rings is 1. The summed E-state index contributed by atoms with van der Waals surface area (Å²) in [7, 11) is 2.14. The van der Waals surface area contributed by atoms with Crippen LogP contribution in [0, 0.1) is 11.7 Å². The first kappa shape index (κ1) is 12.2. The van der Waals surface area contributed by atoms with Crippen molar-refractivity contribution in [1.82, 2.24) is 4.90 Å². The molecule has 3 rings (SSSR count). The second-order valence-corrected chi connectivity index (χ2v) is 5.29. The largest absolute Gasteiger partial charge is 0.305 e. The number of hydrogen-bond acceptors (Lipinski definition) is 1. The Morgan fingerprint density at radius 1 is 1.50 bits per heavy atom. The molecule has 88 valence electrons. The molecular weight excluding hydrogens is 248 g/mol. The van der Waals surface area contributed by atoms with Crippen LogP contribution in [0.3, 0.4) is 0 Å². The molecule has 2 fully saturated rings. The van der Waals surface area contributed by atoms with Crippen molar-refractivity contribution in [2.24, 2.45) is 5.92 Å². The summed E-state index contributed by atoms with van der Waals surface area (Å²) >= 11 is 5.82. The van der Waals surface area contributed by atoms with Crippen LogP contribution in [0.1, 0.15) is 12.0 Å². The van der Waals surface area contributed by atoms with Gasteiger partial charge in [-0.15, -0.1) is 12.4 Å². The van der Waals surface area contributed by atoms with E-state index >= 15 is 0 Å². The van der Waals surface area contributed by atoms with E-state index in [0.29, 0.717) is 0 Å². The molecule has 16 heavy (non-hydrogen) atoms. The minimum atomic E-state index is -0.319. The third-order valence-corrected chi connectivity index (χ3v) is 4.10. The van der Waals surface area contributed by atoms with Crippen LogP contribution in [0.5, 0.6) is 0 Å². The number of hydrogen-bond donors (Lipinski definition) is 0. The molecular formula is C12H14Cl2FN. The van der Waals surface area contributed by atoms with Gasteiger partial charge in [0.2, 0.25) is 0 Å². The van der Waals surface area contributed by atoms with Crippen LogP contribution in [0.25, 0.3) is 0 Å². The quantitative estimate of drug-likeness (QED) is 0.751. The van der Waals surface area contributed by atoms with Crippen molar-refractivity contribution in [2.75, 3.05) is 20.1 Å². The van der Waals surface area contributed by atoms with Crippen LogP contribution in [0.4, 0.5) is 4.39 Å². The normalized spacial score (nSPS) is 32.1. The molecule has 1 saturated carbocycles. The molecule has 0 radical (unpaired) electrons. The first-order valence-electron chi connectivity index (χ1n) is 5.26. The molecule has 1 aromatic carbocycles. The minimum Gasteiger partial charge on any atom is -0.305 e. The lowest BCUT2D eigenvalue weighted by molar-refractivity contribution is 0.363. The molecule has 0 aromatic heterocycles.